The van der Waals surface area contributed by atoms with E-state index in [2.05, 4.69) is 31.2 Å². The Hall–Kier alpha value is -1.000. The molecule has 0 bridgehead atoms. The predicted molar refractivity (Wildman–Crippen MR) is 65.8 cm³/mol. The van der Waals surface area contributed by atoms with E-state index in [-0.39, 0.29) is 0 Å². The zero-order valence-corrected chi connectivity index (χ0v) is 10.4. The van der Waals surface area contributed by atoms with Gasteiger partial charge in [0.15, 0.2) is 0 Å². The first-order valence-electron chi connectivity index (χ1n) is 4.39. The molecule has 0 spiro atoms. The fourth-order valence-electron chi connectivity index (χ4n) is 1.19. The molecule has 0 unspecified atom stereocenters. The summed E-state index contributed by atoms with van der Waals surface area (Å²) in [5.41, 5.74) is 1.94. The summed E-state index contributed by atoms with van der Waals surface area (Å²) < 4.78 is 0.907. The van der Waals surface area contributed by atoms with E-state index < -0.39 is 0 Å². The topological polar surface area (TPSA) is 40.7 Å². The average molecular weight is 287 g/mol. The molecule has 0 aliphatic carbocycles. The normalized spacial score (nSPS) is 10.3. The average Bonchev–Trinajstić information content (AvgIpc) is 2.56. The summed E-state index contributed by atoms with van der Waals surface area (Å²) in [5, 5.41) is 3.85. The number of nitrogens with one attached hydrogen (secondary N) is 2. The van der Waals surface area contributed by atoms with Gasteiger partial charge in [-0.15, -0.1) is 0 Å². The van der Waals surface area contributed by atoms with Gasteiger partial charge in [0.05, 0.1) is 5.69 Å². The molecule has 0 fully saturated rings. The van der Waals surface area contributed by atoms with E-state index in [1.807, 2.05) is 25.1 Å². The van der Waals surface area contributed by atoms with Crippen LogP contribution in [-0.2, 0) is 0 Å². The van der Waals surface area contributed by atoms with Crippen molar-refractivity contribution in [2.75, 3.05) is 5.32 Å². The lowest BCUT2D eigenvalue weighted by Crippen LogP contribution is -1.93. The molecular formula is C10H9BrClN3. The van der Waals surface area contributed by atoms with Crippen LogP contribution in [0.2, 0.25) is 5.02 Å². The first kappa shape index (κ1) is 10.5. The largest absolute Gasteiger partial charge is 0.328 e. The van der Waals surface area contributed by atoms with E-state index in [4.69, 9.17) is 11.6 Å². The number of aromatic nitrogens is 2. The monoisotopic (exact) mass is 285 g/mol. The van der Waals surface area contributed by atoms with E-state index in [0.29, 0.717) is 5.02 Å². The van der Waals surface area contributed by atoms with Gasteiger partial charge >= 0.3 is 0 Å². The summed E-state index contributed by atoms with van der Waals surface area (Å²) in [6.45, 7) is 1.95. The highest BCUT2D eigenvalue weighted by atomic mass is 79.9. The van der Waals surface area contributed by atoms with Crippen molar-refractivity contribution >= 4 is 39.2 Å². The van der Waals surface area contributed by atoms with Crippen LogP contribution in [0.1, 0.15) is 5.69 Å². The van der Waals surface area contributed by atoms with Crippen LogP contribution in [0.25, 0.3) is 0 Å². The standard InChI is InChI=1S/C10H9BrClN3/c1-6-5-13-10(14-6)15-9-3-2-7(12)4-8(9)11/h2-5H,1H3,(H2,13,14,15). The number of hydrogen-bond acceptors (Lipinski definition) is 2. The minimum atomic E-state index is 0.697. The molecule has 1 aromatic carbocycles. The molecule has 1 aromatic heterocycles. The zero-order valence-electron chi connectivity index (χ0n) is 8.01. The van der Waals surface area contributed by atoms with E-state index in [0.717, 1.165) is 21.8 Å². The van der Waals surface area contributed by atoms with Crippen molar-refractivity contribution < 1.29 is 0 Å². The Morgan fingerprint density at radius 2 is 2.27 bits per heavy atom. The van der Waals surface area contributed by atoms with Crippen LogP contribution in [0.3, 0.4) is 0 Å². The van der Waals surface area contributed by atoms with E-state index in [1.165, 1.54) is 0 Å². The summed E-state index contributed by atoms with van der Waals surface area (Å²) in [6.07, 6.45) is 1.77. The highest BCUT2D eigenvalue weighted by Gasteiger charge is 2.02. The number of halogens is 2. The van der Waals surface area contributed by atoms with Gasteiger partial charge < -0.3 is 10.3 Å². The Bertz CT molecular complexity index is 481. The highest BCUT2D eigenvalue weighted by Crippen LogP contribution is 2.27. The van der Waals surface area contributed by atoms with Crippen LogP contribution in [0.4, 0.5) is 11.6 Å². The third-order valence-electron chi connectivity index (χ3n) is 1.89. The lowest BCUT2D eigenvalue weighted by atomic mass is 10.3. The lowest BCUT2D eigenvalue weighted by molar-refractivity contribution is 1.24. The SMILES string of the molecule is Cc1cnc(Nc2ccc(Cl)cc2Br)[nH]1. The van der Waals surface area contributed by atoms with Gasteiger partial charge in [0.25, 0.3) is 0 Å². The molecule has 78 valence electrons. The number of anilines is 2. The van der Waals surface area contributed by atoms with Gasteiger partial charge in [-0.1, -0.05) is 11.6 Å². The molecule has 0 saturated heterocycles. The Morgan fingerprint density at radius 3 is 2.87 bits per heavy atom. The minimum absolute atomic E-state index is 0.697. The second-order valence-electron chi connectivity index (χ2n) is 3.16. The number of benzene rings is 1. The molecular weight excluding hydrogens is 277 g/mol. The van der Waals surface area contributed by atoms with E-state index in [1.54, 1.807) is 6.20 Å². The summed E-state index contributed by atoms with van der Waals surface area (Å²) in [4.78, 5) is 7.24. The predicted octanol–water partition coefficient (Wildman–Crippen LogP) is 3.88. The number of aromatic amines is 1. The molecule has 3 nitrogen and oxygen atoms in total. The summed E-state index contributed by atoms with van der Waals surface area (Å²) in [6, 6.07) is 5.55. The minimum Gasteiger partial charge on any atom is -0.328 e. The quantitative estimate of drug-likeness (QED) is 0.879. The molecule has 0 atom stereocenters. The van der Waals surface area contributed by atoms with Gasteiger partial charge in [-0.05, 0) is 41.1 Å². The maximum Gasteiger partial charge on any atom is 0.204 e. The van der Waals surface area contributed by atoms with Gasteiger partial charge in [-0.25, -0.2) is 4.98 Å². The number of nitrogens with zero attached hydrogens (tertiary/aromatic N) is 1. The third kappa shape index (κ3) is 2.52. The number of imidazole rings is 1. The Labute approximate surface area is 101 Å². The number of hydrogen-bond donors (Lipinski definition) is 2. The smallest absolute Gasteiger partial charge is 0.204 e. The van der Waals surface area contributed by atoms with Crippen molar-refractivity contribution in [2.45, 2.75) is 6.92 Å². The Kier molecular flexibility index (Phi) is 2.98. The van der Waals surface area contributed by atoms with Gasteiger partial charge in [0.1, 0.15) is 0 Å². The van der Waals surface area contributed by atoms with Crippen molar-refractivity contribution in [3.8, 4) is 0 Å². The Balaban J connectivity index is 2.24. The molecule has 0 saturated carbocycles. The summed E-state index contributed by atoms with van der Waals surface area (Å²) in [7, 11) is 0. The van der Waals surface area contributed by atoms with Crippen LogP contribution in [0.15, 0.2) is 28.9 Å². The highest BCUT2D eigenvalue weighted by molar-refractivity contribution is 9.10. The first-order valence-corrected chi connectivity index (χ1v) is 5.56. The van der Waals surface area contributed by atoms with Gasteiger partial charge in [-0.2, -0.15) is 0 Å². The maximum atomic E-state index is 5.84. The maximum absolute atomic E-state index is 5.84. The molecule has 1 heterocycles. The van der Waals surface area contributed by atoms with Crippen LogP contribution in [-0.4, -0.2) is 9.97 Å². The van der Waals surface area contributed by atoms with Gasteiger partial charge in [0, 0.05) is 21.4 Å². The fraction of sp³-hybridized carbons (Fsp3) is 0.100. The molecule has 0 radical (unpaired) electrons. The number of aryl methyl sites for hydroxylation is 1. The van der Waals surface area contributed by atoms with Crippen LogP contribution in [0.5, 0.6) is 0 Å². The van der Waals surface area contributed by atoms with Crippen LogP contribution >= 0.6 is 27.5 Å². The van der Waals surface area contributed by atoms with Crippen molar-refractivity contribution in [2.24, 2.45) is 0 Å². The molecule has 0 amide bonds. The van der Waals surface area contributed by atoms with Crippen LogP contribution < -0.4 is 5.32 Å². The van der Waals surface area contributed by atoms with Gasteiger partial charge in [0.2, 0.25) is 5.95 Å². The summed E-state index contributed by atoms with van der Waals surface area (Å²) in [5.74, 6) is 0.718. The van der Waals surface area contributed by atoms with Crippen molar-refractivity contribution in [1.29, 1.82) is 0 Å². The van der Waals surface area contributed by atoms with Crippen LogP contribution in [0, 0.1) is 6.92 Å². The van der Waals surface area contributed by atoms with E-state index in [9.17, 15) is 0 Å². The Morgan fingerprint density at radius 1 is 1.47 bits per heavy atom. The van der Waals surface area contributed by atoms with E-state index >= 15 is 0 Å². The van der Waals surface area contributed by atoms with Crippen molar-refractivity contribution in [3.05, 3.63) is 39.6 Å². The molecule has 2 rings (SSSR count). The summed E-state index contributed by atoms with van der Waals surface area (Å²) >= 11 is 9.27. The second-order valence-corrected chi connectivity index (χ2v) is 4.45. The third-order valence-corrected chi connectivity index (χ3v) is 2.78. The first-order chi connectivity index (χ1) is 7.15. The number of rotatable bonds is 2. The molecule has 0 aliphatic rings. The van der Waals surface area contributed by atoms with Gasteiger partial charge in [-0.3, -0.25) is 0 Å². The second kappa shape index (κ2) is 4.24. The fourth-order valence-corrected chi connectivity index (χ4v) is 1.98. The molecule has 2 aromatic rings. The number of H-pyrrole nitrogens is 1. The lowest BCUT2D eigenvalue weighted by Gasteiger charge is -2.05. The van der Waals surface area contributed by atoms with Crippen molar-refractivity contribution in [1.82, 2.24) is 9.97 Å². The molecule has 2 N–H and O–H groups in total. The molecule has 0 aliphatic heterocycles. The molecule has 5 heteroatoms. The van der Waals surface area contributed by atoms with Crippen molar-refractivity contribution in [3.63, 3.8) is 0 Å². The molecule has 15 heavy (non-hydrogen) atoms. The zero-order chi connectivity index (χ0) is 10.8.